The number of nitrogens with one attached hydrogen (secondary N) is 3. The minimum absolute atomic E-state index is 0.145. The number of nitrogens with zero attached hydrogens (tertiary/aromatic N) is 1. The van der Waals surface area contributed by atoms with Gasteiger partial charge in [-0.15, -0.1) is 0 Å². The standard InChI is InChI=1S/C11H12ClN5O/c1-6-9(13)10(16-14-6)11(18)17-15-8-5-3-2-4-7(8)12/h2-5,15H,13H2,1H3,(H,14,16)(H,17,18). The second-order valence-corrected chi connectivity index (χ2v) is 4.08. The molecule has 6 nitrogen and oxygen atoms in total. The van der Waals surface area contributed by atoms with Crippen molar-refractivity contribution in [3.63, 3.8) is 0 Å². The van der Waals surface area contributed by atoms with Gasteiger partial charge in [0.15, 0.2) is 5.69 Å². The van der Waals surface area contributed by atoms with Crippen molar-refractivity contribution >= 4 is 28.9 Å². The third-order valence-electron chi connectivity index (χ3n) is 2.39. The molecule has 0 aliphatic heterocycles. The number of halogens is 1. The van der Waals surface area contributed by atoms with Crippen molar-refractivity contribution in [2.45, 2.75) is 6.92 Å². The van der Waals surface area contributed by atoms with Gasteiger partial charge in [0, 0.05) is 0 Å². The highest BCUT2D eigenvalue weighted by molar-refractivity contribution is 6.33. The van der Waals surface area contributed by atoms with Gasteiger partial charge in [-0.3, -0.25) is 20.7 Å². The minimum atomic E-state index is -0.434. The molecule has 1 amide bonds. The average molecular weight is 266 g/mol. The molecule has 0 radical (unpaired) electrons. The van der Waals surface area contributed by atoms with E-state index in [4.69, 9.17) is 17.3 Å². The van der Waals surface area contributed by atoms with E-state index in [0.29, 0.717) is 22.1 Å². The molecular formula is C11H12ClN5O. The Balaban J connectivity index is 2.05. The molecule has 0 aliphatic rings. The summed E-state index contributed by atoms with van der Waals surface area (Å²) in [5.41, 5.74) is 12.6. The summed E-state index contributed by atoms with van der Waals surface area (Å²) in [4.78, 5) is 11.8. The summed E-state index contributed by atoms with van der Waals surface area (Å²) in [6.45, 7) is 1.74. The van der Waals surface area contributed by atoms with E-state index in [0.717, 1.165) is 0 Å². The molecule has 0 bridgehead atoms. The Kier molecular flexibility index (Phi) is 3.38. The van der Waals surface area contributed by atoms with Crippen LogP contribution >= 0.6 is 11.6 Å². The van der Waals surface area contributed by atoms with Crippen molar-refractivity contribution in [3.8, 4) is 0 Å². The summed E-state index contributed by atoms with van der Waals surface area (Å²) in [5.74, 6) is -0.434. The maximum Gasteiger partial charge on any atom is 0.292 e. The summed E-state index contributed by atoms with van der Waals surface area (Å²) in [6.07, 6.45) is 0. The number of amides is 1. The van der Waals surface area contributed by atoms with Gasteiger partial charge in [0.25, 0.3) is 5.91 Å². The second-order valence-electron chi connectivity index (χ2n) is 3.67. The Bertz CT molecular complexity index is 581. The number of hydrogen-bond acceptors (Lipinski definition) is 4. The zero-order valence-corrected chi connectivity index (χ0v) is 10.4. The predicted octanol–water partition coefficient (Wildman–Crippen LogP) is 1.71. The molecular weight excluding hydrogens is 254 g/mol. The summed E-state index contributed by atoms with van der Waals surface area (Å²) in [7, 11) is 0. The Labute approximate surface area is 108 Å². The first kappa shape index (κ1) is 12.3. The highest BCUT2D eigenvalue weighted by Gasteiger charge is 2.15. The average Bonchev–Trinajstić information content (AvgIpc) is 2.69. The summed E-state index contributed by atoms with van der Waals surface area (Å²) >= 11 is 5.93. The van der Waals surface area contributed by atoms with Crippen LogP contribution in [-0.2, 0) is 0 Å². The van der Waals surface area contributed by atoms with Crippen LogP contribution in [0.25, 0.3) is 0 Å². The molecule has 0 fully saturated rings. The number of aryl methyl sites for hydroxylation is 1. The molecule has 94 valence electrons. The normalized spacial score (nSPS) is 10.1. The molecule has 0 saturated carbocycles. The van der Waals surface area contributed by atoms with E-state index in [2.05, 4.69) is 21.0 Å². The van der Waals surface area contributed by atoms with Crippen LogP contribution in [0.3, 0.4) is 0 Å². The summed E-state index contributed by atoms with van der Waals surface area (Å²) in [6, 6.07) is 7.04. The van der Waals surface area contributed by atoms with E-state index in [1.54, 1.807) is 31.2 Å². The Morgan fingerprint density at radius 3 is 2.78 bits per heavy atom. The van der Waals surface area contributed by atoms with E-state index in [-0.39, 0.29) is 5.69 Å². The maximum atomic E-state index is 11.8. The Hall–Kier alpha value is -2.21. The molecule has 1 heterocycles. The van der Waals surface area contributed by atoms with Crippen molar-refractivity contribution in [3.05, 3.63) is 40.7 Å². The number of H-pyrrole nitrogens is 1. The zero-order chi connectivity index (χ0) is 13.1. The van der Waals surface area contributed by atoms with Crippen molar-refractivity contribution in [2.24, 2.45) is 0 Å². The van der Waals surface area contributed by atoms with Crippen LogP contribution < -0.4 is 16.6 Å². The van der Waals surface area contributed by atoms with E-state index < -0.39 is 5.91 Å². The minimum Gasteiger partial charge on any atom is -0.395 e. The number of rotatable bonds is 3. The quantitative estimate of drug-likeness (QED) is 0.635. The molecule has 0 aliphatic carbocycles. The molecule has 1 aromatic heterocycles. The lowest BCUT2D eigenvalue weighted by molar-refractivity contribution is 0.0958. The fourth-order valence-corrected chi connectivity index (χ4v) is 1.54. The number of para-hydroxylation sites is 1. The molecule has 0 saturated heterocycles. The summed E-state index contributed by atoms with van der Waals surface area (Å²) < 4.78 is 0. The van der Waals surface area contributed by atoms with Crippen LogP contribution in [0.4, 0.5) is 11.4 Å². The highest BCUT2D eigenvalue weighted by Crippen LogP contribution is 2.19. The first-order chi connectivity index (χ1) is 8.59. The number of aromatic nitrogens is 2. The van der Waals surface area contributed by atoms with Crippen molar-refractivity contribution in [1.82, 2.24) is 15.6 Å². The van der Waals surface area contributed by atoms with Gasteiger partial charge in [0.1, 0.15) is 0 Å². The lowest BCUT2D eigenvalue weighted by atomic mass is 10.3. The fraction of sp³-hybridized carbons (Fsp3) is 0.0909. The van der Waals surface area contributed by atoms with Gasteiger partial charge in [-0.1, -0.05) is 23.7 Å². The number of benzene rings is 1. The van der Waals surface area contributed by atoms with Crippen LogP contribution in [0.15, 0.2) is 24.3 Å². The molecule has 0 unspecified atom stereocenters. The van der Waals surface area contributed by atoms with E-state index in [9.17, 15) is 4.79 Å². The third kappa shape index (κ3) is 2.38. The van der Waals surface area contributed by atoms with Gasteiger partial charge in [-0.2, -0.15) is 5.10 Å². The highest BCUT2D eigenvalue weighted by atomic mass is 35.5. The number of hydrazine groups is 1. The first-order valence-electron chi connectivity index (χ1n) is 5.21. The molecule has 2 aromatic rings. The molecule has 1 aromatic carbocycles. The largest absolute Gasteiger partial charge is 0.395 e. The molecule has 0 atom stereocenters. The lowest BCUT2D eigenvalue weighted by Crippen LogP contribution is -2.30. The van der Waals surface area contributed by atoms with Crippen LogP contribution in [0, 0.1) is 6.92 Å². The second kappa shape index (κ2) is 4.97. The first-order valence-corrected chi connectivity index (χ1v) is 5.58. The number of nitrogen functional groups attached to an aromatic ring is 1. The van der Waals surface area contributed by atoms with E-state index in [1.807, 2.05) is 0 Å². The van der Waals surface area contributed by atoms with Gasteiger partial charge in [-0.25, -0.2) is 0 Å². The van der Waals surface area contributed by atoms with Gasteiger partial charge < -0.3 is 5.73 Å². The number of aromatic amines is 1. The molecule has 5 N–H and O–H groups in total. The van der Waals surface area contributed by atoms with Crippen LogP contribution in [-0.4, -0.2) is 16.1 Å². The van der Waals surface area contributed by atoms with E-state index >= 15 is 0 Å². The van der Waals surface area contributed by atoms with Crippen LogP contribution in [0.5, 0.6) is 0 Å². The van der Waals surface area contributed by atoms with Gasteiger partial charge in [-0.05, 0) is 19.1 Å². The number of nitrogens with two attached hydrogens (primary N) is 1. The van der Waals surface area contributed by atoms with Crippen LogP contribution in [0.1, 0.15) is 16.2 Å². The lowest BCUT2D eigenvalue weighted by Gasteiger charge is -2.08. The van der Waals surface area contributed by atoms with Crippen molar-refractivity contribution in [2.75, 3.05) is 11.2 Å². The SMILES string of the molecule is Cc1[nH]nc(C(=O)NNc2ccccc2Cl)c1N. The van der Waals surface area contributed by atoms with Gasteiger partial charge in [0.2, 0.25) is 0 Å². The number of anilines is 2. The van der Waals surface area contributed by atoms with Gasteiger partial charge >= 0.3 is 0 Å². The Morgan fingerprint density at radius 1 is 1.44 bits per heavy atom. The predicted molar refractivity (Wildman–Crippen MR) is 70.3 cm³/mol. The van der Waals surface area contributed by atoms with Crippen molar-refractivity contribution < 1.29 is 4.79 Å². The van der Waals surface area contributed by atoms with Crippen molar-refractivity contribution in [1.29, 1.82) is 0 Å². The third-order valence-corrected chi connectivity index (χ3v) is 2.72. The summed E-state index contributed by atoms with van der Waals surface area (Å²) in [5, 5.41) is 6.96. The molecule has 2 rings (SSSR count). The Morgan fingerprint density at radius 2 is 2.17 bits per heavy atom. The van der Waals surface area contributed by atoms with E-state index in [1.165, 1.54) is 0 Å². The number of carbonyl (C=O) groups is 1. The molecule has 7 heteroatoms. The topological polar surface area (TPSA) is 95.8 Å². The zero-order valence-electron chi connectivity index (χ0n) is 9.62. The molecule has 18 heavy (non-hydrogen) atoms. The number of hydrogen-bond donors (Lipinski definition) is 4. The maximum absolute atomic E-state index is 11.8. The molecule has 0 spiro atoms. The number of carbonyl (C=O) groups excluding carboxylic acids is 1. The van der Waals surface area contributed by atoms with Crippen LogP contribution in [0.2, 0.25) is 5.02 Å². The smallest absolute Gasteiger partial charge is 0.292 e. The fourth-order valence-electron chi connectivity index (χ4n) is 1.36. The monoisotopic (exact) mass is 265 g/mol. The van der Waals surface area contributed by atoms with Gasteiger partial charge in [0.05, 0.1) is 22.1 Å².